The molecule has 0 aliphatic heterocycles. The molecular weight excluding hydrogens is 248 g/mol. The fourth-order valence-corrected chi connectivity index (χ4v) is 2.43. The highest BCUT2D eigenvalue weighted by atomic mass is 15.0. The number of imidazole rings is 1. The first kappa shape index (κ1) is 11.1. The standard InChI is InChI=1S/C16H12N4/c1-10-8-13-16(18-9-10)20-15(19-13)12-6-2-4-11-5-3-7-17-14(11)12/h2-9H,1H3,(H,18,19,20). The number of H-pyrrole nitrogens is 1. The Labute approximate surface area is 115 Å². The van der Waals surface area contributed by atoms with Crippen LogP contribution in [0.5, 0.6) is 0 Å². The molecule has 3 heterocycles. The van der Waals surface area contributed by atoms with E-state index in [1.54, 1.807) is 6.20 Å². The largest absolute Gasteiger partial charge is 0.337 e. The van der Waals surface area contributed by atoms with Gasteiger partial charge in [0, 0.05) is 23.3 Å². The van der Waals surface area contributed by atoms with Crippen LogP contribution in [0.15, 0.2) is 48.8 Å². The number of aromatic nitrogens is 4. The van der Waals surface area contributed by atoms with Gasteiger partial charge in [-0.15, -0.1) is 0 Å². The Morgan fingerprint density at radius 1 is 1.05 bits per heavy atom. The lowest BCUT2D eigenvalue weighted by Crippen LogP contribution is -1.85. The molecule has 3 aromatic heterocycles. The molecule has 0 bridgehead atoms. The van der Waals surface area contributed by atoms with Gasteiger partial charge in [0.1, 0.15) is 5.82 Å². The second-order valence-electron chi connectivity index (χ2n) is 4.85. The highest BCUT2D eigenvalue weighted by Gasteiger charge is 2.10. The van der Waals surface area contributed by atoms with Crippen LogP contribution in [0.2, 0.25) is 0 Å². The number of rotatable bonds is 1. The molecule has 1 aromatic carbocycles. The summed E-state index contributed by atoms with van der Waals surface area (Å²) in [5.41, 5.74) is 4.75. The van der Waals surface area contributed by atoms with Crippen molar-refractivity contribution in [3.8, 4) is 11.4 Å². The quantitative estimate of drug-likeness (QED) is 0.570. The number of aryl methyl sites for hydroxylation is 1. The maximum Gasteiger partial charge on any atom is 0.178 e. The van der Waals surface area contributed by atoms with Gasteiger partial charge in [-0.25, -0.2) is 9.97 Å². The number of benzene rings is 1. The van der Waals surface area contributed by atoms with Crippen molar-refractivity contribution in [1.29, 1.82) is 0 Å². The maximum atomic E-state index is 4.57. The summed E-state index contributed by atoms with van der Waals surface area (Å²) in [6.07, 6.45) is 3.63. The number of fused-ring (bicyclic) bond motifs is 2. The predicted octanol–water partition coefficient (Wildman–Crippen LogP) is 3.48. The molecule has 4 heteroatoms. The van der Waals surface area contributed by atoms with Crippen molar-refractivity contribution in [1.82, 2.24) is 19.9 Å². The zero-order valence-corrected chi connectivity index (χ0v) is 11.0. The lowest BCUT2D eigenvalue weighted by molar-refractivity contribution is 1.28. The first-order valence-electron chi connectivity index (χ1n) is 6.48. The van der Waals surface area contributed by atoms with Gasteiger partial charge in [-0.1, -0.05) is 18.2 Å². The van der Waals surface area contributed by atoms with Crippen LogP contribution in [-0.4, -0.2) is 19.9 Å². The smallest absolute Gasteiger partial charge is 0.178 e. The van der Waals surface area contributed by atoms with Crippen molar-refractivity contribution < 1.29 is 0 Å². The normalized spacial score (nSPS) is 11.2. The van der Waals surface area contributed by atoms with Gasteiger partial charge in [0.15, 0.2) is 5.65 Å². The summed E-state index contributed by atoms with van der Waals surface area (Å²) in [5, 5.41) is 1.11. The zero-order valence-electron chi connectivity index (χ0n) is 11.0. The third kappa shape index (κ3) is 1.66. The van der Waals surface area contributed by atoms with E-state index in [9.17, 15) is 0 Å². The fraction of sp³-hybridized carbons (Fsp3) is 0.0625. The van der Waals surface area contributed by atoms with E-state index in [2.05, 4.69) is 38.1 Å². The number of pyridine rings is 2. The zero-order chi connectivity index (χ0) is 13.5. The molecule has 0 aliphatic rings. The molecule has 0 atom stereocenters. The average Bonchev–Trinajstić information content (AvgIpc) is 2.89. The number of aromatic amines is 1. The van der Waals surface area contributed by atoms with Crippen LogP contribution in [0.1, 0.15) is 5.56 Å². The first-order valence-corrected chi connectivity index (χ1v) is 6.48. The van der Waals surface area contributed by atoms with Gasteiger partial charge in [-0.05, 0) is 30.7 Å². The average molecular weight is 260 g/mol. The Hall–Kier alpha value is -2.75. The minimum atomic E-state index is 0.735. The number of hydrogen-bond acceptors (Lipinski definition) is 3. The van der Waals surface area contributed by atoms with Gasteiger partial charge in [-0.3, -0.25) is 4.98 Å². The Balaban J connectivity index is 2.01. The van der Waals surface area contributed by atoms with Gasteiger partial charge in [0.2, 0.25) is 0 Å². The van der Waals surface area contributed by atoms with E-state index in [0.29, 0.717) is 0 Å². The molecule has 0 fully saturated rings. The summed E-state index contributed by atoms with van der Waals surface area (Å²) in [7, 11) is 0. The molecule has 20 heavy (non-hydrogen) atoms. The molecule has 4 aromatic rings. The van der Waals surface area contributed by atoms with Crippen molar-refractivity contribution in [2.24, 2.45) is 0 Å². The molecular formula is C16H12N4. The highest BCUT2D eigenvalue weighted by Crippen LogP contribution is 2.26. The lowest BCUT2D eigenvalue weighted by atomic mass is 10.1. The molecule has 4 nitrogen and oxygen atoms in total. The monoisotopic (exact) mass is 260 g/mol. The van der Waals surface area contributed by atoms with E-state index in [1.807, 2.05) is 31.3 Å². The van der Waals surface area contributed by atoms with E-state index >= 15 is 0 Å². The molecule has 96 valence electrons. The van der Waals surface area contributed by atoms with Crippen LogP contribution >= 0.6 is 0 Å². The van der Waals surface area contributed by atoms with Crippen molar-refractivity contribution in [3.05, 3.63) is 54.4 Å². The molecule has 0 spiro atoms. The Kier molecular flexibility index (Phi) is 2.29. The Morgan fingerprint density at radius 3 is 2.90 bits per heavy atom. The van der Waals surface area contributed by atoms with Crippen LogP contribution in [-0.2, 0) is 0 Å². The van der Waals surface area contributed by atoms with E-state index in [4.69, 9.17) is 0 Å². The van der Waals surface area contributed by atoms with E-state index in [1.165, 1.54) is 0 Å². The second kappa shape index (κ2) is 4.13. The van der Waals surface area contributed by atoms with Gasteiger partial charge < -0.3 is 4.98 Å². The highest BCUT2D eigenvalue weighted by molar-refractivity contribution is 5.93. The maximum absolute atomic E-state index is 4.57. The van der Waals surface area contributed by atoms with Gasteiger partial charge in [-0.2, -0.15) is 0 Å². The minimum Gasteiger partial charge on any atom is -0.337 e. The molecule has 0 saturated heterocycles. The molecule has 4 rings (SSSR count). The lowest BCUT2D eigenvalue weighted by Gasteiger charge is -2.01. The number of hydrogen-bond donors (Lipinski definition) is 1. The third-order valence-electron chi connectivity index (χ3n) is 3.36. The SMILES string of the molecule is Cc1cnc2nc(-c3cccc4cccnc34)[nH]c2c1. The van der Waals surface area contributed by atoms with Crippen molar-refractivity contribution in [2.45, 2.75) is 6.92 Å². The van der Waals surface area contributed by atoms with Gasteiger partial charge >= 0.3 is 0 Å². The summed E-state index contributed by atoms with van der Waals surface area (Å²) in [6, 6.07) is 12.1. The van der Waals surface area contributed by atoms with Crippen LogP contribution < -0.4 is 0 Å². The summed E-state index contributed by atoms with van der Waals surface area (Å²) in [4.78, 5) is 16.7. The summed E-state index contributed by atoms with van der Waals surface area (Å²) < 4.78 is 0. The third-order valence-corrected chi connectivity index (χ3v) is 3.36. The molecule has 0 unspecified atom stereocenters. The summed E-state index contributed by atoms with van der Waals surface area (Å²) >= 11 is 0. The Morgan fingerprint density at radius 2 is 1.95 bits per heavy atom. The van der Waals surface area contributed by atoms with Crippen LogP contribution in [0.25, 0.3) is 33.5 Å². The fourth-order valence-electron chi connectivity index (χ4n) is 2.43. The first-order chi connectivity index (χ1) is 9.81. The van der Waals surface area contributed by atoms with E-state index in [-0.39, 0.29) is 0 Å². The molecule has 0 aliphatic carbocycles. The predicted molar refractivity (Wildman–Crippen MR) is 79.4 cm³/mol. The van der Waals surface area contributed by atoms with E-state index < -0.39 is 0 Å². The van der Waals surface area contributed by atoms with Crippen LogP contribution in [0.4, 0.5) is 0 Å². The number of nitrogens with zero attached hydrogens (tertiary/aromatic N) is 3. The molecule has 0 amide bonds. The van der Waals surface area contributed by atoms with Crippen molar-refractivity contribution >= 4 is 22.1 Å². The number of para-hydroxylation sites is 1. The van der Waals surface area contributed by atoms with Crippen molar-refractivity contribution in [3.63, 3.8) is 0 Å². The number of nitrogens with one attached hydrogen (secondary N) is 1. The van der Waals surface area contributed by atoms with Gasteiger partial charge in [0.05, 0.1) is 11.0 Å². The second-order valence-corrected chi connectivity index (χ2v) is 4.85. The molecule has 1 N–H and O–H groups in total. The Bertz CT molecular complexity index is 919. The topological polar surface area (TPSA) is 54.5 Å². The minimum absolute atomic E-state index is 0.735. The molecule has 0 radical (unpaired) electrons. The van der Waals surface area contributed by atoms with Crippen LogP contribution in [0.3, 0.4) is 0 Å². The molecule has 0 saturated carbocycles. The van der Waals surface area contributed by atoms with Crippen LogP contribution in [0, 0.1) is 6.92 Å². The summed E-state index contributed by atoms with van der Waals surface area (Å²) in [5.74, 6) is 0.808. The van der Waals surface area contributed by atoms with E-state index in [0.717, 1.165) is 39.0 Å². The van der Waals surface area contributed by atoms with Crippen molar-refractivity contribution in [2.75, 3.05) is 0 Å². The van der Waals surface area contributed by atoms with Gasteiger partial charge in [0.25, 0.3) is 0 Å². The summed E-state index contributed by atoms with van der Waals surface area (Å²) in [6.45, 7) is 2.02.